The zero-order valence-electron chi connectivity index (χ0n) is 7.02. The van der Waals surface area contributed by atoms with Crippen molar-refractivity contribution in [1.29, 1.82) is 0 Å². The SMILES string of the molecule is CCn1c(=O)cc(O)c2scnc21. The van der Waals surface area contributed by atoms with Crippen LogP contribution in [0, 0.1) is 0 Å². The Kier molecular flexibility index (Phi) is 1.81. The molecule has 0 saturated heterocycles. The Balaban J connectivity index is 2.97. The third-order valence-electron chi connectivity index (χ3n) is 1.88. The second kappa shape index (κ2) is 2.85. The van der Waals surface area contributed by atoms with Gasteiger partial charge in [0, 0.05) is 12.6 Å². The highest BCUT2D eigenvalue weighted by atomic mass is 32.1. The number of aromatic nitrogens is 2. The average Bonchev–Trinajstić information content (AvgIpc) is 2.53. The Labute approximate surface area is 78.1 Å². The molecular formula is C8H8N2O2S. The van der Waals surface area contributed by atoms with E-state index in [-0.39, 0.29) is 11.3 Å². The van der Waals surface area contributed by atoms with Crippen LogP contribution in [0.1, 0.15) is 6.92 Å². The van der Waals surface area contributed by atoms with Crippen LogP contribution in [0.5, 0.6) is 5.75 Å². The van der Waals surface area contributed by atoms with Crippen molar-refractivity contribution in [2.24, 2.45) is 0 Å². The number of aryl methyl sites for hydroxylation is 1. The molecule has 0 unspecified atom stereocenters. The predicted octanol–water partition coefficient (Wildman–Crippen LogP) is 1.18. The number of nitrogens with zero attached hydrogens (tertiary/aromatic N) is 2. The van der Waals surface area contributed by atoms with Gasteiger partial charge in [-0.1, -0.05) is 0 Å². The van der Waals surface area contributed by atoms with Crippen LogP contribution in [0.2, 0.25) is 0 Å². The fourth-order valence-corrected chi connectivity index (χ4v) is 1.98. The van der Waals surface area contributed by atoms with Gasteiger partial charge in [-0.05, 0) is 6.92 Å². The van der Waals surface area contributed by atoms with Crippen LogP contribution in [0.3, 0.4) is 0 Å². The maximum atomic E-state index is 11.4. The summed E-state index contributed by atoms with van der Waals surface area (Å²) in [5, 5.41) is 9.42. The van der Waals surface area contributed by atoms with Crippen LogP contribution >= 0.6 is 11.3 Å². The molecule has 0 fully saturated rings. The van der Waals surface area contributed by atoms with E-state index >= 15 is 0 Å². The number of thiazole rings is 1. The molecule has 2 heterocycles. The Morgan fingerprint density at radius 2 is 2.46 bits per heavy atom. The van der Waals surface area contributed by atoms with Gasteiger partial charge < -0.3 is 5.11 Å². The molecule has 0 spiro atoms. The first-order valence-electron chi connectivity index (χ1n) is 3.90. The van der Waals surface area contributed by atoms with E-state index in [1.807, 2.05) is 6.92 Å². The van der Waals surface area contributed by atoms with Crippen molar-refractivity contribution < 1.29 is 5.11 Å². The summed E-state index contributed by atoms with van der Waals surface area (Å²) < 4.78 is 2.20. The van der Waals surface area contributed by atoms with Crippen molar-refractivity contribution in [2.75, 3.05) is 0 Å². The molecule has 0 radical (unpaired) electrons. The highest BCUT2D eigenvalue weighted by Gasteiger charge is 2.08. The first-order chi connectivity index (χ1) is 6.24. The molecule has 2 aromatic rings. The normalized spacial score (nSPS) is 10.8. The van der Waals surface area contributed by atoms with Gasteiger partial charge in [-0.3, -0.25) is 9.36 Å². The Bertz CT molecular complexity index is 500. The monoisotopic (exact) mass is 196 g/mol. The summed E-state index contributed by atoms with van der Waals surface area (Å²) in [6, 6.07) is 1.23. The van der Waals surface area contributed by atoms with Crippen LogP contribution in [0.15, 0.2) is 16.4 Å². The first kappa shape index (κ1) is 8.25. The summed E-state index contributed by atoms with van der Waals surface area (Å²) >= 11 is 1.33. The van der Waals surface area contributed by atoms with E-state index in [2.05, 4.69) is 4.98 Å². The van der Waals surface area contributed by atoms with Crippen LogP contribution in [-0.4, -0.2) is 14.7 Å². The van der Waals surface area contributed by atoms with Gasteiger partial charge in [-0.2, -0.15) is 0 Å². The average molecular weight is 196 g/mol. The lowest BCUT2D eigenvalue weighted by Crippen LogP contribution is -2.18. The molecule has 1 N–H and O–H groups in total. The summed E-state index contributed by atoms with van der Waals surface area (Å²) in [6.45, 7) is 2.44. The standard InChI is InChI=1S/C8H8N2O2S/c1-2-10-6(12)3-5(11)7-8(10)9-4-13-7/h3-4,11H,2H2,1H3. The summed E-state index contributed by atoms with van der Waals surface area (Å²) in [6.07, 6.45) is 0. The molecular weight excluding hydrogens is 188 g/mol. The van der Waals surface area contributed by atoms with E-state index in [1.165, 1.54) is 22.0 Å². The summed E-state index contributed by atoms with van der Waals surface area (Å²) in [7, 11) is 0. The van der Waals surface area contributed by atoms with Crippen LogP contribution in [0.25, 0.3) is 10.3 Å². The molecule has 5 heteroatoms. The van der Waals surface area contributed by atoms with Crippen molar-refractivity contribution in [2.45, 2.75) is 13.5 Å². The zero-order chi connectivity index (χ0) is 9.42. The summed E-state index contributed by atoms with van der Waals surface area (Å²) in [4.78, 5) is 15.4. The highest BCUT2D eigenvalue weighted by Crippen LogP contribution is 2.25. The lowest BCUT2D eigenvalue weighted by molar-refractivity contribution is 0.479. The van der Waals surface area contributed by atoms with E-state index in [1.54, 1.807) is 5.51 Å². The molecule has 2 rings (SSSR count). The van der Waals surface area contributed by atoms with Crippen molar-refractivity contribution >= 4 is 21.7 Å². The molecule has 0 amide bonds. The summed E-state index contributed by atoms with van der Waals surface area (Å²) in [5.41, 5.74) is 1.98. The maximum absolute atomic E-state index is 11.4. The smallest absolute Gasteiger partial charge is 0.255 e. The van der Waals surface area contributed by atoms with E-state index in [0.29, 0.717) is 16.9 Å². The third kappa shape index (κ3) is 1.12. The molecule has 0 aliphatic carbocycles. The zero-order valence-corrected chi connectivity index (χ0v) is 7.84. The molecule has 4 nitrogen and oxygen atoms in total. The Morgan fingerprint density at radius 1 is 1.69 bits per heavy atom. The van der Waals surface area contributed by atoms with Crippen molar-refractivity contribution in [3.63, 3.8) is 0 Å². The minimum atomic E-state index is -0.210. The number of hydrogen-bond acceptors (Lipinski definition) is 4. The molecule has 0 aromatic carbocycles. The molecule has 0 saturated carbocycles. The van der Waals surface area contributed by atoms with Gasteiger partial charge in [0.1, 0.15) is 10.4 Å². The van der Waals surface area contributed by atoms with Crippen molar-refractivity contribution in [1.82, 2.24) is 9.55 Å². The second-order valence-corrected chi connectivity index (χ2v) is 3.47. The van der Waals surface area contributed by atoms with Crippen molar-refractivity contribution in [3.05, 3.63) is 21.9 Å². The van der Waals surface area contributed by atoms with Crippen LogP contribution in [-0.2, 0) is 6.54 Å². The number of pyridine rings is 1. The maximum Gasteiger partial charge on any atom is 0.255 e. The molecule has 13 heavy (non-hydrogen) atoms. The number of fused-ring (bicyclic) bond motifs is 1. The molecule has 2 aromatic heterocycles. The molecule has 0 aliphatic heterocycles. The van der Waals surface area contributed by atoms with Gasteiger partial charge in [0.25, 0.3) is 5.56 Å². The van der Waals surface area contributed by atoms with Gasteiger partial charge in [-0.25, -0.2) is 4.98 Å². The predicted molar refractivity (Wildman–Crippen MR) is 51.2 cm³/mol. The van der Waals surface area contributed by atoms with Crippen molar-refractivity contribution in [3.8, 4) is 5.75 Å². The molecule has 0 atom stereocenters. The van der Waals surface area contributed by atoms with Gasteiger partial charge in [0.05, 0.1) is 5.51 Å². The van der Waals surface area contributed by atoms with Crippen LogP contribution < -0.4 is 5.56 Å². The Morgan fingerprint density at radius 3 is 3.15 bits per heavy atom. The third-order valence-corrected chi connectivity index (χ3v) is 2.72. The first-order valence-corrected chi connectivity index (χ1v) is 4.78. The number of aromatic hydroxyl groups is 1. The fourth-order valence-electron chi connectivity index (χ4n) is 1.28. The fraction of sp³-hybridized carbons (Fsp3) is 0.250. The molecule has 0 aliphatic rings. The van der Waals surface area contributed by atoms with Gasteiger partial charge >= 0.3 is 0 Å². The van der Waals surface area contributed by atoms with Gasteiger partial charge in [0.2, 0.25) is 0 Å². The van der Waals surface area contributed by atoms with Gasteiger partial charge in [-0.15, -0.1) is 11.3 Å². The molecule has 68 valence electrons. The minimum Gasteiger partial charge on any atom is -0.506 e. The minimum absolute atomic E-state index is 0.0206. The Hall–Kier alpha value is -1.36. The summed E-state index contributed by atoms with van der Waals surface area (Å²) in [5.74, 6) is 0.0206. The lowest BCUT2D eigenvalue weighted by Gasteiger charge is -2.02. The lowest BCUT2D eigenvalue weighted by atomic mass is 10.4. The topological polar surface area (TPSA) is 55.1 Å². The van der Waals surface area contributed by atoms with Gasteiger partial charge in [0.15, 0.2) is 5.65 Å². The molecule has 0 bridgehead atoms. The van der Waals surface area contributed by atoms with E-state index < -0.39 is 0 Å². The van der Waals surface area contributed by atoms with E-state index in [4.69, 9.17) is 0 Å². The quantitative estimate of drug-likeness (QED) is 0.745. The van der Waals surface area contributed by atoms with E-state index in [0.717, 1.165) is 0 Å². The highest BCUT2D eigenvalue weighted by molar-refractivity contribution is 7.17. The largest absolute Gasteiger partial charge is 0.506 e. The number of rotatable bonds is 1. The number of hydrogen-bond donors (Lipinski definition) is 1. The second-order valence-electron chi connectivity index (χ2n) is 2.62. The van der Waals surface area contributed by atoms with Crippen LogP contribution in [0.4, 0.5) is 0 Å². The van der Waals surface area contributed by atoms with E-state index in [9.17, 15) is 9.90 Å².